The van der Waals surface area contributed by atoms with Crippen LogP contribution < -0.4 is 4.90 Å². The van der Waals surface area contributed by atoms with Crippen molar-refractivity contribution in [2.75, 3.05) is 4.90 Å². The number of rotatable bonds is 4. The maximum atomic E-state index is 2.57. The van der Waals surface area contributed by atoms with E-state index in [-0.39, 0.29) is 16.2 Å². The molecule has 1 nitrogen and oxygen atoms in total. The lowest BCUT2D eigenvalue weighted by Gasteiger charge is -2.35. The van der Waals surface area contributed by atoms with E-state index < -0.39 is 0 Å². The number of fused-ring (bicyclic) bond motifs is 6. The van der Waals surface area contributed by atoms with E-state index in [0.29, 0.717) is 0 Å². The van der Waals surface area contributed by atoms with Crippen LogP contribution in [-0.2, 0) is 16.2 Å². The average Bonchev–Trinajstić information content (AvgIpc) is 3.70. The van der Waals surface area contributed by atoms with Crippen molar-refractivity contribution < 1.29 is 0 Å². The summed E-state index contributed by atoms with van der Waals surface area (Å²) in [5, 5.41) is 5.12. The molecule has 0 amide bonds. The van der Waals surface area contributed by atoms with Crippen LogP contribution in [0.5, 0.6) is 0 Å². The first-order chi connectivity index (χ1) is 27.9. The van der Waals surface area contributed by atoms with E-state index in [1.807, 2.05) is 11.3 Å². The van der Waals surface area contributed by atoms with Gasteiger partial charge in [0, 0.05) is 42.3 Å². The van der Waals surface area contributed by atoms with Crippen LogP contribution in [0.2, 0.25) is 0 Å². The van der Waals surface area contributed by atoms with Crippen LogP contribution in [-0.4, -0.2) is 0 Å². The molecular formula is C56H47NS. The molecule has 0 atom stereocenters. The quantitative estimate of drug-likeness (QED) is 0.172. The zero-order valence-electron chi connectivity index (χ0n) is 34.4. The van der Waals surface area contributed by atoms with Crippen LogP contribution >= 0.6 is 11.3 Å². The third-order valence-corrected chi connectivity index (χ3v) is 14.5. The summed E-state index contributed by atoms with van der Waals surface area (Å²) in [6.45, 7) is 16.9. The van der Waals surface area contributed by atoms with Crippen molar-refractivity contribution in [3.05, 3.63) is 186 Å². The lowest BCUT2D eigenvalue weighted by Crippen LogP contribution is -2.25. The van der Waals surface area contributed by atoms with E-state index in [9.17, 15) is 0 Å². The standard InChI is InChI=1S/C56H47NS/c1-54(2,3)38-32-44-53-45(33-38)56(6,7)43-19-12-18-41(51(43)53)50-42(55(44,4)5)20-13-21-46(50)57(47-22-14-24-49-52(47)40-17-10-11-23-48(40)58-49)39-29-27-35(28-30-39)37-26-25-34-15-8-9-16-36(34)31-37/h8-33H,1-7H3. The molecule has 282 valence electrons. The minimum Gasteiger partial charge on any atom is -0.309 e. The zero-order valence-corrected chi connectivity index (χ0v) is 35.2. The number of hydrogen-bond donors (Lipinski definition) is 0. The summed E-state index contributed by atoms with van der Waals surface area (Å²) in [6.07, 6.45) is 0. The molecule has 1 heterocycles. The summed E-state index contributed by atoms with van der Waals surface area (Å²) in [5.74, 6) is 0. The first kappa shape index (κ1) is 35.2. The fourth-order valence-electron chi connectivity index (χ4n) is 10.2. The molecule has 11 rings (SSSR count). The second-order valence-corrected chi connectivity index (χ2v) is 19.7. The molecule has 58 heavy (non-hydrogen) atoms. The molecule has 0 unspecified atom stereocenters. The van der Waals surface area contributed by atoms with Crippen LogP contribution in [0.3, 0.4) is 0 Å². The summed E-state index contributed by atoms with van der Waals surface area (Å²) < 4.78 is 2.61. The molecule has 9 aromatic rings. The highest BCUT2D eigenvalue weighted by molar-refractivity contribution is 7.26. The van der Waals surface area contributed by atoms with Crippen molar-refractivity contribution in [1.29, 1.82) is 0 Å². The summed E-state index contributed by atoms with van der Waals surface area (Å²) in [5.41, 5.74) is 18.1. The molecule has 2 aliphatic rings. The van der Waals surface area contributed by atoms with Gasteiger partial charge in [0.1, 0.15) is 0 Å². The van der Waals surface area contributed by atoms with Gasteiger partial charge in [0.2, 0.25) is 0 Å². The topological polar surface area (TPSA) is 3.24 Å². The summed E-state index contributed by atoms with van der Waals surface area (Å²) >= 11 is 1.88. The van der Waals surface area contributed by atoms with Gasteiger partial charge in [-0.1, -0.05) is 164 Å². The highest BCUT2D eigenvalue weighted by Gasteiger charge is 2.45. The van der Waals surface area contributed by atoms with Gasteiger partial charge in [0.25, 0.3) is 0 Å². The maximum absolute atomic E-state index is 2.57. The first-order valence-corrected chi connectivity index (χ1v) is 21.5. The summed E-state index contributed by atoms with van der Waals surface area (Å²) in [7, 11) is 0. The molecule has 0 radical (unpaired) electrons. The minimum absolute atomic E-state index is 0.0179. The van der Waals surface area contributed by atoms with Crippen molar-refractivity contribution in [2.24, 2.45) is 0 Å². The molecule has 8 aromatic carbocycles. The number of hydrogen-bond acceptors (Lipinski definition) is 2. The molecule has 0 saturated heterocycles. The molecule has 2 aliphatic carbocycles. The van der Waals surface area contributed by atoms with Crippen LogP contribution in [0.25, 0.3) is 64.3 Å². The molecule has 0 spiro atoms. The van der Waals surface area contributed by atoms with E-state index >= 15 is 0 Å². The first-order valence-electron chi connectivity index (χ1n) is 20.7. The van der Waals surface area contributed by atoms with E-state index in [2.05, 4.69) is 211 Å². The van der Waals surface area contributed by atoms with Crippen molar-refractivity contribution >= 4 is 59.3 Å². The third kappa shape index (κ3) is 5.01. The van der Waals surface area contributed by atoms with Crippen molar-refractivity contribution in [2.45, 2.75) is 64.7 Å². The maximum Gasteiger partial charge on any atom is 0.0555 e. The number of anilines is 3. The second-order valence-electron chi connectivity index (χ2n) is 18.6. The Morgan fingerprint density at radius 3 is 1.81 bits per heavy atom. The molecular weight excluding hydrogens is 719 g/mol. The predicted octanol–water partition coefficient (Wildman–Crippen LogP) is 16.3. The van der Waals surface area contributed by atoms with Gasteiger partial charge in [-0.3, -0.25) is 0 Å². The molecule has 1 aromatic heterocycles. The van der Waals surface area contributed by atoms with Gasteiger partial charge in [0.15, 0.2) is 0 Å². The molecule has 0 saturated carbocycles. The Morgan fingerprint density at radius 2 is 1.07 bits per heavy atom. The van der Waals surface area contributed by atoms with Crippen molar-refractivity contribution in [3.63, 3.8) is 0 Å². The fourth-order valence-corrected chi connectivity index (χ4v) is 11.4. The van der Waals surface area contributed by atoms with Gasteiger partial charge >= 0.3 is 0 Å². The predicted molar refractivity (Wildman–Crippen MR) is 251 cm³/mol. The van der Waals surface area contributed by atoms with Gasteiger partial charge in [0.05, 0.1) is 11.4 Å². The monoisotopic (exact) mass is 765 g/mol. The highest BCUT2D eigenvalue weighted by atomic mass is 32.1. The molecule has 0 bridgehead atoms. The Labute approximate surface area is 346 Å². The van der Waals surface area contributed by atoms with Gasteiger partial charge in [-0.15, -0.1) is 11.3 Å². The van der Waals surface area contributed by atoms with Crippen molar-refractivity contribution in [1.82, 2.24) is 0 Å². The number of benzene rings is 8. The zero-order chi connectivity index (χ0) is 39.7. The molecule has 0 fully saturated rings. The lowest BCUT2D eigenvalue weighted by molar-refractivity contribution is 0.576. The number of thiophene rings is 1. The molecule has 2 heteroatoms. The Morgan fingerprint density at radius 1 is 0.466 bits per heavy atom. The Bertz CT molecular complexity index is 3150. The normalized spacial score (nSPS) is 14.7. The van der Waals surface area contributed by atoms with Crippen LogP contribution in [0.15, 0.2) is 158 Å². The lowest BCUT2D eigenvalue weighted by atomic mass is 9.70. The SMILES string of the molecule is CC(C)(C)c1cc2c3c(c1)C(C)(C)c1cccc(N(c4ccc(-c5ccc6ccccc6c5)cc4)c4cccc5sc6ccccc6c45)c1-c1cccc(c1-3)C2(C)C. The van der Waals surface area contributed by atoms with Gasteiger partial charge in [-0.25, -0.2) is 0 Å². The van der Waals surface area contributed by atoms with Crippen LogP contribution in [0.1, 0.15) is 76.3 Å². The Kier molecular flexibility index (Phi) is 7.45. The fraction of sp³-hybridized carbons (Fsp3) is 0.179. The minimum atomic E-state index is -0.278. The van der Waals surface area contributed by atoms with Gasteiger partial charge in [-0.2, -0.15) is 0 Å². The van der Waals surface area contributed by atoms with Gasteiger partial charge < -0.3 is 4.90 Å². The van der Waals surface area contributed by atoms with E-state index in [1.165, 1.54) is 104 Å². The Balaban J connectivity index is 1.21. The smallest absolute Gasteiger partial charge is 0.0555 e. The van der Waals surface area contributed by atoms with Crippen LogP contribution in [0, 0.1) is 0 Å². The van der Waals surface area contributed by atoms with Gasteiger partial charge in [-0.05, 0) is 114 Å². The van der Waals surface area contributed by atoms with Crippen molar-refractivity contribution in [3.8, 4) is 33.4 Å². The summed E-state index contributed by atoms with van der Waals surface area (Å²) in [4.78, 5) is 2.57. The third-order valence-electron chi connectivity index (χ3n) is 13.4. The van der Waals surface area contributed by atoms with Crippen LogP contribution in [0.4, 0.5) is 17.1 Å². The largest absolute Gasteiger partial charge is 0.309 e. The summed E-state index contributed by atoms with van der Waals surface area (Å²) in [6, 6.07) is 59.7. The second kappa shape index (κ2) is 12.3. The molecule has 0 aliphatic heterocycles. The number of nitrogens with zero attached hydrogens (tertiary/aromatic N) is 1. The van der Waals surface area contributed by atoms with E-state index in [0.717, 1.165) is 5.69 Å². The Hall–Kier alpha value is -5.96. The average molecular weight is 766 g/mol. The molecule has 0 N–H and O–H groups in total. The van der Waals surface area contributed by atoms with E-state index in [1.54, 1.807) is 0 Å². The highest BCUT2D eigenvalue weighted by Crippen LogP contribution is 2.61. The van der Waals surface area contributed by atoms with E-state index in [4.69, 9.17) is 0 Å².